The smallest absolute Gasteiger partial charge is 0.338 e. The lowest BCUT2D eigenvalue weighted by Gasteiger charge is -2.34. The molecule has 1 aliphatic rings. The fraction of sp³-hybridized carbons (Fsp3) is 0.375. The number of halogens is 1. The first-order chi connectivity index (χ1) is 14.2. The SMILES string of the molecule is CCOC(=O)c1ccc(CCN2CCN(CC=Cc3ccccc3Cl)CC2)cc1. The van der Waals surface area contributed by atoms with E-state index in [1.165, 1.54) is 5.56 Å². The molecule has 2 aromatic rings. The van der Waals surface area contributed by atoms with Gasteiger partial charge in [0, 0.05) is 44.3 Å². The minimum Gasteiger partial charge on any atom is -0.462 e. The van der Waals surface area contributed by atoms with Crippen molar-refractivity contribution in [3.63, 3.8) is 0 Å². The molecule has 0 amide bonds. The maximum absolute atomic E-state index is 11.7. The summed E-state index contributed by atoms with van der Waals surface area (Å²) in [4.78, 5) is 16.7. The van der Waals surface area contributed by atoms with E-state index < -0.39 is 0 Å². The number of rotatable bonds is 8. The van der Waals surface area contributed by atoms with E-state index >= 15 is 0 Å². The Labute approximate surface area is 178 Å². The third kappa shape index (κ3) is 6.70. The summed E-state index contributed by atoms with van der Waals surface area (Å²) >= 11 is 6.19. The number of esters is 1. The Bertz CT molecular complexity index is 812. The van der Waals surface area contributed by atoms with Gasteiger partial charge in [0.15, 0.2) is 0 Å². The highest BCUT2D eigenvalue weighted by atomic mass is 35.5. The average Bonchev–Trinajstić information content (AvgIpc) is 2.75. The summed E-state index contributed by atoms with van der Waals surface area (Å²) in [6.45, 7) is 8.55. The molecule has 0 radical (unpaired) electrons. The third-order valence-corrected chi connectivity index (χ3v) is 5.56. The highest BCUT2D eigenvalue weighted by Crippen LogP contribution is 2.16. The van der Waals surface area contributed by atoms with Crippen molar-refractivity contribution < 1.29 is 9.53 Å². The maximum atomic E-state index is 11.7. The summed E-state index contributed by atoms with van der Waals surface area (Å²) in [5.41, 5.74) is 2.94. The van der Waals surface area contributed by atoms with Gasteiger partial charge in [-0.1, -0.05) is 54.1 Å². The second kappa shape index (κ2) is 11.1. The van der Waals surface area contributed by atoms with Crippen LogP contribution in [0.2, 0.25) is 5.02 Å². The number of hydrogen-bond donors (Lipinski definition) is 0. The lowest BCUT2D eigenvalue weighted by atomic mass is 10.1. The zero-order valence-corrected chi connectivity index (χ0v) is 17.8. The first-order valence-corrected chi connectivity index (χ1v) is 10.7. The summed E-state index contributed by atoms with van der Waals surface area (Å²) < 4.78 is 5.03. The summed E-state index contributed by atoms with van der Waals surface area (Å²) in [5.74, 6) is -0.251. The molecule has 0 N–H and O–H groups in total. The summed E-state index contributed by atoms with van der Waals surface area (Å²) in [5, 5.41) is 0.795. The van der Waals surface area contributed by atoms with Crippen molar-refractivity contribution in [2.45, 2.75) is 13.3 Å². The molecule has 154 valence electrons. The van der Waals surface area contributed by atoms with Crippen LogP contribution in [0.4, 0.5) is 0 Å². The van der Waals surface area contributed by atoms with Crippen molar-refractivity contribution in [3.8, 4) is 0 Å². The molecule has 1 saturated heterocycles. The van der Waals surface area contributed by atoms with Crippen LogP contribution in [0.25, 0.3) is 6.08 Å². The van der Waals surface area contributed by atoms with Gasteiger partial charge < -0.3 is 9.64 Å². The van der Waals surface area contributed by atoms with Gasteiger partial charge in [0.1, 0.15) is 0 Å². The Balaban J connectivity index is 1.37. The van der Waals surface area contributed by atoms with Crippen molar-refractivity contribution in [2.24, 2.45) is 0 Å². The van der Waals surface area contributed by atoms with Crippen LogP contribution in [0.15, 0.2) is 54.6 Å². The third-order valence-electron chi connectivity index (χ3n) is 5.21. The van der Waals surface area contributed by atoms with Crippen LogP contribution in [-0.4, -0.2) is 61.6 Å². The lowest BCUT2D eigenvalue weighted by Crippen LogP contribution is -2.46. The first kappa shape index (κ1) is 21.6. The van der Waals surface area contributed by atoms with Crippen molar-refractivity contribution in [1.82, 2.24) is 9.80 Å². The topological polar surface area (TPSA) is 32.8 Å². The van der Waals surface area contributed by atoms with Crippen LogP contribution in [0.3, 0.4) is 0 Å². The zero-order chi connectivity index (χ0) is 20.5. The van der Waals surface area contributed by atoms with Crippen molar-refractivity contribution >= 4 is 23.6 Å². The number of carbonyl (C=O) groups excluding carboxylic acids is 1. The van der Waals surface area contributed by atoms with Gasteiger partial charge in [-0.3, -0.25) is 4.90 Å². The molecule has 1 fully saturated rings. The summed E-state index contributed by atoms with van der Waals surface area (Å²) in [6.07, 6.45) is 5.30. The lowest BCUT2D eigenvalue weighted by molar-refractivity contribution is 0.0526. The second-order valence-corrected chi connectivity index (χ2v) is 7.64. The molecule has 29 heavy (non-hydrogen) atoms. The Morgan fingerprint density at radius 1 is 1.03 bits per heavy atom. The van der Waals surface area contributed by atoms with Gasteiger partial charge in [0.05, 0.1) is 12.2 Å². The highest BCUT2D eigenvalue weighted by Gasteiger charge is 2.15. The molecule has 3 rings (SSSR count). The normalized spacial score (nSPS) is 15.7. The van der Waals surface area contributed by atoms with Crippen molar-refractivity contribution in [3.05, 3.63) is 76.3 Å². The Morgan fingerprint density at radius 2 is 1.72 bits per heavy atom. The van der Waals surface area contributed by atoms with Crippen molar-refractivity contribution in [1.29, 1.82) is 0 Å². The summed E-state index contributed by atoms with van der Waals surface area (Å²) in [6, 6.07) is 15.7. The Kier molecular flexibility index (Phi) is 8.29. The number of piperazine rings is 1. The fourth-order valence-electron chi connectivity index (χ4n) is 3.44. The van der Waals surface area contributed by atoms with E-state index in [2.05, 4.69) is 22.0 Å². The molecule has 1 aliphatic heterocycles. The number of nitrogens with zero attached hydrogens (tertiary/aromatic N) is 2. The molecule has 0 bridgehead atoms. The molecule has 2 aromatic carbocycles. The van der Waals surface area contributed by atoms with E-state index in [-0.39, 0.29) is 5.97 Å². The number of benzene rings is 2. The molecule has 0 aliphatic carbocycles. The van der Waals surface area contributed by atoms with Crippen molar-refractivity contribution in [2.75, 3.05) is 45.9 Å². The van der Waals surface area contributed by atoms with E-state index in [0.717, 1.165) is 56.3 Å². The van der Waals surface area contributed by atoms with E-state index in [4.69, 9.17) is 16.3 Å². The summed E-state index contributed by atoms with van der Waals surface area (Å²) in [7, 11) is 0. The van der Waals surface area contributed by atoms with Crippen LogP contribution in [0, 0.1) is 0 Å². The quantitative estimate of drug-likeness (QED) is 0.602. The monoisotopic (exact) mass is 412 g/mol. The standard InChI is InChI=1S/C24H29ClN2O2/c1-2-29-24(28)22-11-9-20(10-12-22)13-15-27-18-16-26(17-19-27)14-5-7-21-6-3-4-8-23(21)25/h3-12H,2,13-19H2,1H3. The van der Waals surface area contributed by atoms with Crippen LogP contribution in [-0.2, 0) is 11.2 Å². The number of carbonyl (C=O) groups is 1. The zero-order valence-electron chi connectivity index (χ0n) is 17.0. The van der Waals surface area contributed by atoms with Gasteiger partial charge >= 0.3 is 5.97 Å². The maximum Gasteiger partial charge on any atom is 0.338 e. The van der Waals surface area contributed by atoms with Crippen LogP contribution < -0.4 is 0 Å². The van der Waals surface area contributed by atoms with Crippen LogP contribution in [0.5, 0.6) is 0 Å². The van der Waals surface area contributed by atoms with Gasteiger partial charge in [-0.2, -0.15) is 0 Å². The highest BCUT2D eigenvalue weighted by molar-refractivity contribution is 6.32. The Morgan fingerprint density at radius 3 is 2.41 bits per heavy atom. The predicted octanol–water partition coefficient (Wildman–Crippen LogP) is 4.39. The molecule has 0 unspecified atom stereocenters. The van der Waals surface area contributed by atoms with Gasteiger partial charge in [-0.25, -0.2) is 4.79 Å². The van der Waals surface area contributed by atoms with E-state index in [1.54, 1.807) is 0 Å². The first-order valence-electron chi connectivity index (χ1n) is 10.3. The van der Waals surface area contributed by atoms with E-state index in [0.29, 0.717) is 12.2 Å². The van der Waals surface area contributed by atoms with E-state index in [1.807, 2.05) is 55.5 Å². The largest absolute Gasteiger partial charge is 0.462 e. The molecule has 1 heterocycles. The van der Waals surface area contributed by atoms with Gasteiger partial charge in [0.25, 0.3) is 0 Å². The molecule has 5 heteroatoms. The minimum atomic E-state index is -0.251. The van der Waals surface area contributed by atoms with Crippen LogP contribution >= 0.6 is 11.6 Å². The second-order valence-electron chi connectivity index (χ2n) is 7.23. The minimum absolute atomic E-state index is 0.251. The number of ether oxygens (including phenoxy) is 1. The molecule has 0 saturated carbocycles. The van der Waals surface area contributed by atoms with Gasteiger partial charge in [0.2, 0.25) is 0 Å². The van der Waals surface area contributed by atoms with E-state index in [9.17, 15) is 4.79 Å². The Hall–Kier alpha value is -2.14. The average molecular weight is 413 g/mol. The van der Waals surface area contributed by atoms with Crippen LogP contribution in [0.1, 0.15) is 28.4 Å². The molecule has 0 spiro atoms. The van der Waals surface area contributed by atoms with Gasteiger partial charge in [-0.05, 0) is 42.7 Å². The molecule has 4 nitrogen and oxygen atoms in total. The molecular weight excluding hydrogens is 384 g/mol. The number of hydrogen-bond acceptors (Lipinski definition) is 4. The molecule has 0 atom stereocenters. The predicted molar refractivity (Wildman–Crippen MR) is 119 cm³/mol. The fourth-order valence-corrected chi connectivity index (χ4v) is 3.64. The molecular formula is C24H29ClN2O2. The molecule has 0 aromatic heterocycles. The van der Waals surface area contributed by atoms with Gasteiger partial charge in [-0.15, -0.1) is 0 Å².